The van der Waals surface area contributed by atoms with E-state index < -0.39 is 15.8 Å². The van der Waals surface area contributed by atoms with E-state index in [1.165, 1.54) is 4.90 Å². The van der Waals surface area contributed by atoms with Crippen molar-refractivity contribution in [2.75, 3.05) is 24.6 Å². The van der Waals surface area contributed by atoms with E-state index in [2.05, 4.69) is 0 Å². The lowest BCUT2D eigenvalue weighted by molar-refractivity contribution is -0.145. The van der Waals surface area contributed by atoms with Crippen LogP contribution in [0, 0.1) is 11.8 Å². The molecule has 19 heavy (non-hydrogen) atoms. The van der Waals surface area contributed by atoms with Crippen LogP contribution in [-0.2, 0) is 19.4 Å². The van der Waals surface area contributed by atoms with E-state index in [-0.39, 0.29) is 42.2 Å². The number of carboxylic acid groups (broad SMARTS) is 1. The molecule has 1 amide bonds. The second-order valence-corrected chi connectivity index (χ2v) is 7.76. The van der Waals surface area contributed by atoms with Gasteiger partial charge >= 0.3 is 5.97 Å². The molecule has 1 unspecified atom stereocenters. The molecule has 1 rings (SSSR count). The molecule has 0 aliphatic carbocycles. The molecule has 0 bridgehead atoms. The molecule has 0 aromatic carbocycles. The van der Waals surface area contributed by atoms with Gasteiger partial charge in [-0.05, 0) is 18.3 Å². The van der Waals surface area contributed by atoms with Crippen LogP contribution < -0.4 is 0 Å². The van der Waals surface area contributed by atoms with Gasteiger partial charge in [0, 0.05) is 13.0 Å². The zero-order valence-electron chi connectivity index (χ0n) is 11.3. The van der Waals surface area contributed by atoms with Crippen LogP contribution in [0.4, 0.5) is 0 Å². The van der Waals surface area contributed by atoms with Crippen LogP contribution >= 0.6 is 0 Å². The molecule has 0 aromatic heterocycles. The molecule has 0 spiro atoms. The summed E-state index contributed by atoms with van der Waals surface area (Å²) in [5.74, 6) is -1.13. The molecule has 1 aliphatic rings. The smallest absolute Gasteiger partial charge is 0.323 e. The number of amides is 1. The molecule has 0 radical (unpaired) electrons. The molecular weight excluding hydrogens is 270 g/mol. The SMILES string of the molecule is CC(C)CN(CC(=O)O)C(=O)CC1CCS(=O)(=O)C1. The molecule has 1 heterocycles. The van der Waals surface area contributed by atoms with Crippen molar-refractivity contribution >= 4 is 21.7 Å². The molecule has 1 fully saturated rings. The normalized spacial score (nSPS) is 21.5. The third kappa shape index (κ3) is 5.59. The Morgan fingerprint density at radius 1 is 1.37 bits per heavy atom. The second kappa shape index (κ2) is 6.36. The van der Waals surface area contributed by atoms with Crippen molar-refractivity contribution in [3.63, 3.8) is 0 Å². The summed E-state index contributed by atoms with van der Waals surface area (Å²) in [6.07, 6.45) is 0.621. The van der Waals surface area contributed by atoms with Gasteiger partial charge in [0.25, 0.3) is 0 Å². The molecular formula is C12H21NO5S. The van der Waals surface area contributed by atoms with Gasteiger partial charge in [0.2, 0.25) is 5.91 Å². The van der Waals surface area contributed by atoms with Crippen LogP contribution in [0.2, 0.25) is 0 Å². The highest BCUT2D eigenvalue weighted by Gasteiger charge is 2.31. The molecule has 1 N–H and O–H groups in total. The quantitative estimate of drug-likeness (QED) is 0.764. The van der Waals surface area contributed by atoms with Crippen molar-refractivity contribution in [1.82, 2.24) is 4.90 Å². The number of rotatable bonds is 6. The Balaban J connectivity index is 2.59. The van der Waals surface area contributed by atoms with Crippen LogP contribution in [0.3, 0.4) is 0 Å². The molecule has 110 valence electrons. The fourth-order valence-electron chi connectivity index (χ4n) is 2.27. The highest BCUT2D eigenvalue weighted by molar-refractivity contribution is 7.91. The first-order valence-electron chi connectivity index (χ1n) is 6.39. The van der Waals surface area contributed by atoms with Crippen LogP contribution in [0.5, 0.6) is 0 Å². The number of aliphatic carboxylic acids is 1. The van der Waals surface area contributed by atoms with E-state index in [4.69, 9.17) is 5.11 Å². The van der Waals surface area contributed by atoms with E-state index in [9.17, 15) is 18.0 Å². The van der Waals surface area contributed by atoms with E-state index in [1.807, 2.05) is 13.8 Å². The van der Waals surface area contributed by atoms with Crippen LogP contribution in [0.15, 0.2) is 0 Å². The molecule has 6 nitrogen and oxygen atoms in total. The van der Waals surface area contributed by atoms with Gasteiger partial charge in [0.05, 0.1) is 11.5 Å². The Morgan fingerprint density at radius 2 is 2.00 bits per heavy atom. The Hall–Kier alpha value is -1.11. The minimum atomic E-state index is -3.00. The lowest BCUT2D eigenvalue weighted by atomic mass is 10.0. The molecule has 1 atom stereocenters. The zero-order valence-corrected chi connectivity index (χ0v) is 12.1. The largest absolute Gasteiger partial charge is 0.480 e. The van der Waals surface area contributed by atoms with Crippen LogP contribution in [-0.4, -0.2) is 54.9 Å². The summed E-state index contributed by atoms with van der Waals surface area (Å²) in [4.78, 5) is 24.1. The first-order valence-corrected chi connectivity index (χ1v) is 8.21. The van der Waals surface area contributed by atoms with Gasteiger partial charge in [-0.1, -0.05) is 13.8 Å². The summed E-state index contributed by atoms with van der Waals surface area (Å²) in [5.41, 5.74) is 0. The number of carbonyl (C=O) groups excluding carboxylic acids is 1. The van der Waals surface area contributed by atoms with E-state index in [1.54, 1.807) is 0 Å². The van der Waals surface area contributed by atoms with Crippen molar-refractivity contribution in [2.24, 2.45) is 11.8 Å². The monoisotopic (exact) mass is 291 g/mol. The summed E-state index contributed by atoms with van der Waals surface area (Å²) >= 11 is 0. The van der Waals surface area contributed by atoms with Crippen LogP contribution in [0.1, 0.15) is 26.7 Å². The van der Waals surface area contributed by atoms with E-state index in [0.717, 1.165) is 0 Å². The summed E-state index contributed by atoms with van der Waals surface area (Å²) in [6, 6.07) is 0. The highest BCUT2D eigenvalue weighted by Crippen LogP contribution is 2.22. The predicted molar refractivity (Wildman–Crippen MR) is 70.4 cm³/mol. The average Bonchev–Trinajstić information content (AvgIpc) is 2.55. The number of nitrogens with zero attached hydrogens (tertiary/aromatic N) is 1. The second-order valence-electron chi connectivity index (χ2n) is 5.54. The number of hydrogen-bond acceptors (Lipinski definition) is 4. The topological polar surface area (TPSA) is 91.8 Å². The van der Waals surface area contributed by atoms with Crippen LogP contribution in [0.25, 0.3) is 0 Å². The van der Waals surface area contributed by atoms with Gasteiger partial charge in [-0.2, -0.15) is 0 Å². The van der Waals surface area contributed by atoms with Crippen molar-refractivity contribution in [2.45, 2.75) is 26.7 Å². The maximum atomic E-state index is 12.0. The van der Waals surface area contributed by atoms with Gasteiger partial charge in [-0.15, -0.1) is 0 Å². The van der Waals surface area contributed by atoms with Crippen molar-refractivity contribution in [3.05, 3.63) is 0 Å². The summed E-state index contributed by atoms with van der Waals surface area (Å²) in [5, 5.41) is 8.80. The first kappa shape index (κ1) is 15.9. The lowest BCUT2D eigenvalue weighted by Gasteiger charge is -2.23. The Kier molecular flexibility index (Phi) is 5.34. The van der Waals surface area contributed by atoms with Gasteiger partial charge < -0.3 is 10.0 Å². The summed E-state index contributed by atoms with van der Waals surface area (Å²) < 4.78 is 22.7. The van der Waals surface area contributed by atoms with Gasteiger partial charge in [0.15, 0.2) is 9.84 Å². The number of sulfone groups is 1. The Morgan fingerprint density at radius 3 is 2.42 bits per heavy atom. The predicted octanol–water partition coefficient (Wildman–Crippen LogP) is 0.380. The Bertz CT molecular complexity index is 443. The fourth-order valence-corrected chi connectivity index (χ4v) is 4.13. The fraction of sp³-hybridized carbons (Fsp3) is 0.833. The average molecular weight is 291 g/mol. The first-order chi connectivity index (χ1) is 8.69. The zero-order chi connectivity index (χ0) is 14.6. The molecule has 1 saturated heterocycles. The van der Waals surface area contributed by atoms with E-state index in [0.29, 0.717) is 13.0 Å². The molecule has 1 aliphatic heterocycles. The van der Waals surface area contributed by atoms with Crippen molar-refractivity contribution < 1.29 is 23.1 Å². The standard InChI is InChI=1S/C12H21NO5S/c1-9(2)6-13(7-12(15)16)11(14)5-10-3-4-19(17,18)8-10/h9-10H,3-8H2,1-2H3,(H,15,16). The van der Waals surface area contributed by atoms with E-state index >= 15 is 0 Å². The lowest BCUT2D eigenvalue weighted by Crippen LogP contribution is -2.39. The number of hydrogen-bond donors (Lipinski definition) is 1. The Labute approximate surface area is 113 Å². The minimum absolute atomic E-state index is 0.0430. The summed E-state index contributed by atoms with van der Waals surface area (Å²) in [7, 11) is -3.00. The molecule has 0 aromatic rings. The maximum Gasteiger partial charge on any atom is 0.323 e. The van der Waals surface area contributed by atoms with Crippen molar-refractivity contribution in [3.8, 4) is 0 Å². The van der Waals surface area contributed by atoms with Gasteiger partial charge in [-0.25, -0.2) is 8.42 Å². The summed E-state index contributed by atoms with van der Waals surface area (Å²) in [6.45, 7) is 3.87. The highest BCUT2D eigenvalue weighted by atomic mass is 32.2. The molecule has 7 heteroatoms. The van der Waals surface area contributed by atoms with Gasteiger partial charge in [0.1, 0.15) is 6.54 Å². The van der Waals surface area contributed by atoms with Crippen molar-refractivity contribution in [1.29, 1.82) is 0 Å². The molecule has 0 saturated carbocycles. The maximum absolute atomic E-state index is 12.0. The van der Waals surface area contributed by atoms with Gasteiger partial charge in [-0.3, -0.25) is 9.59 Å². The number of carboxylic acids is 1. The minimum Gasteiger partial charge on any atom is -0.480 e. The third-order valence-electron chi connectivity index (χ3n) is 3.05. The number of carbonyl (C=O) groups is 2. The third-order valence-corrected chi connectivity index (χ3v) is 4.89.